The van der Waals surface area contributed by atoms with E-state index in [-0.39, 0.29) is 11.3 Å². The summed E-state index contributed by atoms with van der Waals surface area (Å²) in [6.07, 6.45) is 2.24. The van der Waals surface area contributed by atoms with Crippen LogP contribution < -0.4 is 10.6 Å². The predicted molar refractivity (Wildman–Crippen MR) is 96.0 cm³/mol. The van der Waals surface area contributed by atoms with Crippen molar-refractivity contribution in [3.63, 3.8) is 0 Å². The Kier molecular flexibility index (Phi) is 4.15. The molecule has 122 valence electrons. The Morgan fingerprint density at radius 3 is 2.87 bits per heavy atom. The van der Waals surface area contributed by atoms with E-state index in [1.165, 1.54) is 0 Å². The van der Waals surface area contributed by atoms with E-state index in [0.29, 0.717) is 6.42 Å². The van der Waals surface area contributed by atoms with E-state index in [4.69, 9.17) is 5.73 Å². The molecule has 0 bridgehead atoms. The molecule has 0 saturated heterocycles. The number of nitrogen functional groups attached to an aromatic ring is 1. The van der Waals surface area contributed by atoms with Crippen molar-refractivity contribution in [2.45, 2.75) is 45.4 Å². The molecule has 0 spiro atoms. The van der Waals surface area contributed by atoms with Gasteiger partial charge in [-0.3, -0.25) is 4.79 Å². The van der Waals surface area contributed by atoms with Crippen molar-refractivity contribution < 1.29 is 4.79 Å². The van der Waals surface area contributed by atoms with Crippen molar-refractivity contribution in [1.29, 1.82) is 0 Å². The molecular formula is C18H23N3OS. The molecule has 0 unspecified atom stereocenters. The Balaban J connectivity index is 1.80. The number of anilines is 2. The molecule has 4 nitrogen and oxygen atoms in total. The first-order valence-electron chi connectivity index (χ1n) is 7.99. The second-order valence-corrected chi connectivity index (χ2v) is 7.92. The summed E-state index contributed by atoms with van der Waals surface area (Å²) in [6, 6.07) is 5.81. The molecule has 0 atom stereocenters. The molecule has 2 heterocycles. The normalized spacial score (nSPS) is 14.7. The lowest BCUT2D eigenvalue weighted by atomic mass is 9.98. The molecule has 1 aromatic carbocycles. The van der Waals surface area contributed by atoms with E-state index < -0.39 is 0 Å². The summed E-state index contributed by atoms with van der Waals surface area (Å²) in [7, 11) is 0. The van der Waals surface area contributed by atoms with Gasteiger partial charge in [0.05, 0.1) is 17.1 Å². The molecule has 0 fully saturated rings. The van der Waals surface area contributed by atoms with Crippen LogP contribution in [0.25, 0.3) is 0 Å². The first kappa shape index (κ1) is 16.0. The maximum Gasteiger partial charge on any atom is 0.233 e. The Labute approximate surface area is 141 Å². The van der Waals surface area contributed by atoms with Crippen LogP contribution in [0.5, 0.6) is 0 Å². The van der Waals surface area contributed by atoms with Crippen LogP contribution in [0.4, 0.5) is 11.4 Å². The molecule has 3 rings (SSSR count). The number of nitrogens with zero attached hydrogens (tertiary/aromatic N) is 2. The van der Waals surface area contributed by atoms with Crippen LogP contribution >= 0.6 is 11.3 Å². The Morgan fingerprint density at radius 1 is 1.39 bits per heavy atom. The monoisotopic (exact) mass is 329 g/mol. The number of rotatable bonds is 2. The molecule has 0 saturated carbocycles. The highest BCUT2D eigenvalue weighted by molar-refractivity contribution is 7.09. The zero-order valence-electron chi connectivity index (χ0n) is 13.9. The number of thiazole rings is 1. The standard InChI is InChI=1S/C18H23N3OS/c1-18(2,3)17-20-12(11-23-17)10-16(22)21-9-5-6-13-14(19)7-4-8-15(13)21/h4,7-8,11H,5-6,9-10,19H2,1-3H3. The largest absolute Gasteiger partial charge is 0.398 e. The lowest BCUT2D eigenvalue weighted by Gasteiger charge is -2.30. The summed E-state index contributed by atoms with van der Waals surface area (Å²) in [6.45, 7) is 7.18. The predicted octanol–water partition coefficient (Wildman–Crippen LogP) is 3.54. The van der Waals surface area contributed by atoms with Gasteiger partial charge in [0.15, 0.2) is 0 Å². The molecule has 5 heteroatoms. The van der Waals surface area contributed by atoms with Crippen LogP contribution in [-0.2, 0) is 23.1 Å². The number of aromatic nitrogens is 1. The number of hydrogen-bond acceptors (Lipinski definition) is 4. The van der Waals surface area contributed by atoms with Crippen LogP contribution in [0.2, 0.25) is 0 Å². The average molecular weight is 329 g/mol. The summed E-state index contributed by atoms with van der Waals surface area (Å²) in [5.74, 6) is 0.0994. The fourth-order valence-corrected chi connectivity index (χ4v) is 3.80. The minimum Gasteiger partial charge on any atom is -0.398 e. The average Bonchev–Trinajstić information content (AvgIpc) is 2.96. The highest BCUT2D eigenvalue weighted by Crippen LogP contribution is 2.32. The maximum atomic E-state index is 12.8. The Morgan fingerprint density at radius 2 is 2.17 bits per heavy atom. The van der Waals surface area contributed by atoms with E-state index in [2.05, 4.69) is 25.8 Å². The third kappa shape index (κ3) is 3.24. The molecule has 1 aliphatic heterocycles. The summed E-state index contributed by atoms with van der Waals surface area (Å²) >= 11 is 1.63. The van der Waals surface area contributed by atoms with Crippen molar-refractivity contribution in [2.24, 2.45) is 0 Å². The van der Waals surface area contributed by atoms with Gasteiger partial charge in [-0.15, -0.1) is 11.3 Å². The molecule has 1 aromatic heterocycles. The van der Waals surface area contributed by atoms with Gasteiger partial charge in [-0.2, -0.15) is 0 Å². The van der Waals surface area contributed by atoms with E-state index in [1.807, 2.05) is 28.5 Å². The molecule has 1 amide bonds. The zero-order chi connectivity index (χ0) is 16.6. The topological polar surface area (TPSA) is 59.2 Å². The van der Waals surface area contributed by atoms with Gasteiger partial charge < -0.3 is 10.6 Å². The van der Waals surface area contributed by atoms with Gasteiger partial charge in [0.2, 0.25) is 5.91 Å². The van der Waals surface area contributed by atoms with Crippen molar-refractivity contribution in [1.82, 2.24) is 4.98 Å². The second kappa shape index (κ2) is 5.96. The highest BCUT2D eigenvalue weighted by atomic mass is 32.1. The quantitative estimate of drug-likeness (QED) is 0.857. The van der Waals surface area contributed by atoms with Crippen molar-refractivity contribution in [2.75, 3.05) is 17.2 Å². The van der Waals surface area contributed by atoms with Gasteiger partial charge in [0.25, 0.3) is 0 Å². The molecule has 23 heavy (non-hydrogen) atoms. The SMILES string of the molecule is CC(C)(C)c1nc(CC(=O)N2CCCc3c(N)cccc32)cs1. The summed E-state index contributed by atoms with van der Waals surface area (Å²) in [4.78, 5) is 19.3. The van der Waals surface area contributed by atoms with Gasteiger partial charge in [0, 0.05) is 28.7 Å². The first-order chi connectivity index (χ1) is 10.9. The van der Waals surface area contributed by atoms with E-state index in [1.54, 1.807) is 11.3 Å². The summed E-state index contributed by atoms with van der Waals surface area (Å²) in [5, 5.41) is 3.08. The van der Waals surface area contributed by atoms with Crippen LogP contribution in [-0.4, -0.2) is 17.4 Å². The molecule has 0 aliphatic carbocycles. The van der Waals surface area contributed by atoms with Gasteiger partial charge in [0.1, 0.15) is 0 Å². The summed E-state index contributed by atoms with van der Waals surface area (Å²) < 4.78 is 0. The zero-order valence-corrected chi connectivity index (χ0v) is 14.7. The van der Waals surface area contributed by atoms with E-state index in [9.17, 15) is 4.79 Å². The van der Waals surface area contributed by atoms with Crippen LogP contribution in [0.3, 0.4) is 0 Å². The van der Waals surface area contributed by atoms with Crippen molar-refractivity contribution in [3.05, 3.63) is 39.8 Å². The third-order valence-electron chi connectivity index (χ3n) is 4.11. The van der Waals surface area contributed by atoms with Gasteiger partial charge in [-0.25, -0.2) is 4.98 Å². The number of nitrogens with two attached hydrogens (primary N) is 1. The third-order valence-corrected chi connectivity index (χ3v) is 5.43. The molecule has 2 N–H and O–H groups in total. The smallest absolute Gasteiger partial charge is 0.233 e. The minimum absolute atomic E-state index is 0.0259. The highest BCUT2D eigenvalue weighted by Gasteiger charge is 2.25. The Bertz CT molecular complexity index is 730. The fraction of sp³-hybridized carbons (Fsp3) is 0.444. The van der Waals surface area contributed by atoms with Gasteiger partial charge in [-0.1, -0.05) is 26.8 Å². The lowest BCUT2D eigenvalue weighted by Crippen LogP contribution is -2.36. The lowest BCUT2D eigenvalue weighted by molar-refractivity contribution is -0.118. The van der Waals surface area contributed by atoms with Crippen molar-refractivity contribution in [3.8, 4) is 0 Å². The molecule has 1 aliphatic rings. The second-order valence-electron chi connectivity index (χ2n) is 7.06. The molecule has 2 aromatic rings. The summed E-state index contributed by atoms with van der Waals surface area (Å²) in [5.41, 5.74) is 9.79. The number of amides is 1. The molecule has 0 radical (unpaired) electrons. The van der Waals surface area contributed by atoms with E-state index >= 15 is 0 Å². The van der Waals surface area contributed by atoms with Crippen LogP contribution in [0, 0.1) is 0 Å². The Hall–Kier alpha value is -1.88. The first-order valence-corrected chi connectivity index (χ1v) is 8.87. The number of fused-ring (bicyclic) bond motifs is 1. The van der Waals surface area contributed by atoms with Gasteiger partial charge in [-0.05, 0) is 30.5 Å². The number of benzene rings is 1. The number of hydrogen-bond donors (Lipinski definition) is 1. The van der Waals surface area contributed by atoms with E-state index in [0.717, 1.165) is 47.0 Å². The fourth-order valence-electron chi connectivity index (χ4n) is 2.89. The van der Waals surface area contributed by atoms with Crippen LogP contribution in [0.1, 0.15) is 43.5 Å². The minimum atomic E-state index is 0.0259. The maximum absolute atomic E-state index is 12.8. The van der Waals surface area contributed by atoms with Gasteiger partial charge >= 0.3 is 0 Å². The molecular weight excluding hydrogens is 306 g/mol. The van der Waals surface area contributed by atoms with Crippen LogP contribution in [0.15, 0.2) is 23.6 Å². The number of carbonyl (C=O) groups excluding carboxylic acids is 1. The number of carbonyl (C=O) groups is 1. The van der Waals surface area contributed by atoms with Crippen molar-refractivity contribution >= 4 is 28.6 Å².